The van der Waals surface area contributed by atoms with E-state index in [9.17, 15) is 14.4 Å². The van der Waals surface area contributed by atoms with Crippen LogP contribution in [0.3, 0.4) is 0 Å². The molecule has 180 valence electrons. The van der Waals surface area contributed by atoms with Gasteiger partial charge in [0.1, 0.15) is 5.75 Å². The van der Waals surface area contributed by atoms with Crippen LogP contribution in [0, 0.1) is 5.92 Å². The first-order chi connectivity index (χ1) is 16.0. The minimum atomic E-state index is -0.341. The van der Waals surface area contributed by atoms with Crippen molar-refractivity contribution in [2.75, 3.05) is 31.1 Å². The first-order valence-electron chi connectivity index (χ1n) is 12.4. The predicted molar refractivity (Wildman–Crippen MR) is 126 cm³/mol. The maximum Gasteiger partial charge on any atom is 0.315 e. The fourth-order valence-electron chi connectivity index (χ4n) is 5.23. The van der Waals surface area contributed by atoms with Crippen molar-refractivity contribution in [1.29, 1.82) is 0 Å². The van der Waals surface area contributed by atoms with Crippen molar-refractivity contribution in [3.8, 4) is 5.75 Å². The van der Waals surface area contributed by atoms with Crippen molar-refractivity contribution in [2.45, 2.75) is 70.4 Å². The van der Waals surface area contributed by atoms with Gasteiger partial charge in [0, 0.05) is 38.1 Å². The monoisotopic (exact) mass is 456 g/mol. The van der Waals surface area contributed by atoms with Crippen LogP contribution >= 0.6 is 0 Å². The third kappa shape index (κ3) is 5.78. The molecule has 0 radical (unpaired) electrons. The molecule has 0 spiro atoms. The summed E-state index contributed by atoms with van der Waals surface area (Å²) in [6.07, 6.45) is 7.45. The Kier molecular flexibility index (Phi) is 7.73. The molecule has 8 heteroatoms. The Labute approximate surface area is 196 Å². The van der Waals surface area contributed by atoms with Crippen molar-refractivity contribution in [2.24, 2.45) is 5.92 Å². The fraction of sp³-hybridized carbons (Fsp3) is 0.640. The smallest absolute Gasteiger partial charge is 0.315 e. The van der Waals surface area contributed by atoms with Crippen molar-refractivity contribution in [1.82, 2.24) is 15.5 Å². The molecule has 3 aliphatic rings. The lowest BCUT2D eigenvalue weighted by atomic mass is 9.96. The van der Waals surface area contributed by atoms with E-state index in [0.29, 0.717) is 32.0 Å². The summed E-state index contributed by atoms with van der Waals surface area (Å²) < 4.78 is 5.67. The number of rotatable bonds is 6. The fourth-order valence-corrected chi connectivity index (χ4v) is 5.23. The molecule has 8 nitrogen and oxygen atoms in total. The molecule has 1 aromatic carbocycles. The van der Waals surface area contributed by atoms with E-state index in [0.717, 1.165) is 31.4 Å². The Morgan fingerprint density at radius 2 is 1.67 bits per heavy atom. The number of anilines is 1. The summed E-state index contributed by atoms with van der Waals surface area (Å²) in [6, 6.07) is 7.76. The second-order valence-electron chi connectivity index (χ2n) is 9.36. The van der Waals surface area contributed by atoms with Crippen LogP contribution in [-0.2, 0) is 9.59 Å². The molecule has 3 fully saturated rings. The number of likely N-dealkylation sites (tertiary alicyclic amines) is 1. The van der Waals surface area contributed by atoms with Crippen LogP contribution in [-0.4, -0.2) is 61.1 Å². The summed E-state index contributed by atoms with van der Waals surface area (Å²) in [5.41, 5.74) is 0.728. The van der Waals surface area contributed by atoms with Crippen molar-refractivity contribution < 1.29 is 19.1 Å². The molecule has 4 rings (SSSR count). The van der Waals surface area contributed by atoms with E-state index in [-0.39, 0.29) is 42.3 Å². The molecule has 0 bridgehead atoms. The second-order valence-corrected chi connectivity index (χ2v) is 9.36. The van der Waals surface area contributed by atoms with Gasteiger partial charge in [-0.2, -0.15) is 0 Å². The number of ether oxygens (including phenoxy) is 1. The minimum Gasteiger partial charge on any atom is -0.492 e. The largest absolute Gasteiger partial charge is 0.492 e. The Balaban J connectivity index is 1.26. The van der Waals surface area contributed by atoms with Gasteiger partial charge in [0.25, 0.3) is 0 Å². The van der Waals surface area contributed by atoms with Gasteiger partial charge in [0.2, 0.25) is 11.8 Å². The zero-order chi connectivity index (χ0) is 23.2. The van der Waals surface area contributed by atoms with Gasteiger partial charge in [-0.05, 0) is 44.7 Å². The Hall–Kier alpha value is -2.77. The van der Waals surface area contributed by atoms with Crippen LogP contribution in [0.25, 0.3) is 0 Å². The lowest BCUT2D eigenvalue weighted by Gasteiger charge is -2.34. The minimum absolute atomic E-state index is 0.0323. The zero-order valence-electron chi connectivity index (χ0n) is 19.6. The van der Waals surface area contributed by atoms with E-state index >= 15 is 0 Å². The molecule has 1 aromatic rings. The van der Waals surface area contributed by atoms with E-state index in [1.165, 1.54) is 19.3 Å². The average Bonchev–Trinajstić information content (AvgIpc) is 3.21. The number of carbonyl (C=O) groups is 3. The number of piperidine rings is 1. The first kappa shape index (κ1) is 23.4. The number of benzene rings is 1. The van der Waals surface area contributed by atoms with Crippen LogP contribution in [0.1, 0.15) is 58.3 Å². The standard InChI is InChI=1S/C25H36N4O4/c1-2-33-22-11-7-6-10-21(22)29-17-18(16-23(29)30)24(31)28-14-12-20(13-15-28)27-25(32)26-19-8-4-3-5-9-19/h6-7,10-11,18-20H,2-5,8-9,12-17H2,1H3,(H2,26,27,32). The van der Waals surface area contributed by atoms with Gasteiger partial charge in [-0.25, -0.2) is 4.79 Å². The summed E-state index contributed by atoms with van der Waals surface area (Å²) in [6.45, 7) is 4.01. The van der Waals surface area contributed by atoms with Crippen LogP contribution in [0.5, 0.6) is 5.75 Å². The van der Waals surface area contributed by atoms with E-state index in [4.69, 9.17) is 4.74 Å². The quantitative estimate of drug-likeness (QED) is 0.688. The number of urea groups is 1. The van der Waals surface area contributed by atoms with Crippen molar-refractivity contribution in [3.63, 3.8) is 0 Å². The van der Waals surface area contributed by atoms with Gasteiger partial charge in [-0.1, -0.05) is 31.4 Å². The molecular weight excluding hydrogens is 420 g/mol. The van der Waals surface area contributed by atoms with Crippen LogP contribution < -0.4 is 20.3 Å². The normalized spacial score (nSPS) is 22.3. The van der Waals surface area contributed by atoms with Crippen LogP contribution in [0.2, 0.25) is 0 Å². The number of nitrogens with one attached hydrogen (secondary N) is 2. The number of nitrogens with zero attached hydrogens (tertiary/aromatic N) is 2. The lowest BCUT2D eigenvalue weighted by Crippen LogP contribution is -2.51. The molecule has 1 unspecified atom stereocenters. The third-order valence-corrected chi connectivity index (χ3v) is 7.01. The number of carbonyl (C=O) groups excluding carboxylic acids is 3. The maximum absolute atomic E-state index is 13.1. The van der Waals surface area contributed by atoms with E-state index in [1.54, 1.807) is 4.90 Å². The summed E-state index contributed by atoms with van der Waals surface area (Å²) in [5.74, 6) is 0.312. The van der Waals surface area contributed by atoms with Crippen LogP contribution in [0.4, 0.5) is 10.5 Å². The van der Waals surface area contributed by atoms with Crippen molar-refractivity contribution in [3.05, 3.63) is 24.3 Å². The van der Waals surface area contributed by atoms with Gasteiger partial charge in [-0.3, -0.25) is 9.59 Å². The van der Waals surface area contributed by atoms with Gasteiger partial charge in [0.15, 0.2) is 0 Å². The molecule has 33 heavy (non-hydrogen) atoms. The molecular formula is C25H36N4O4. The van der Waals surface area contributed by atoms with Crippen molar-refractivity contribution >= 4 is 23.5 Å². The summed E-state index contributed by atoms with van der Waals surface area (Å²) in [4.78, 5) is 41.7. The number of para-hydroxylation sites is 2. The molecule has 0 aromatic heterocycles. The Morgan fingerprint density at radius 3 is 2.36 bits per heavy atom. The molecule has 2 aliphatic heterocycles. The third-order valence-electron chi connectivity index (χ3n) is 7.01. The summed E-state index contributed by atoms with van der Waals surface area (Å²) in [7, 11) is 0. The highest BCUT2D eigenvalue weighted by molar-refractivity contribution is 6.01. The highest BCUT2D eigenvalue weighted by Gasteiger charge is 2.39. The van der Waals surface area contributed by atoms with Crippen LogP contribution in [0.15, 0.2) is 24.3 Å². The number of hydrogen-bond donors (Lipinski definition) is 2. The molecule has 2 saturated heterocycles. The molecule has 2 N–H and O–H groups in total. The van der Waals surface area contributed by atoms with Gasteiger partial charge >= 0.3 is 6.03 Å². The van der Waals surface area contributed by atoms with E-state index in [1.807, 2.05) is 36.1 Å². The molecule has 1 saturated carbocycles. The highest BCUT2D eigenvalue weighted by atomic mass is 16.5. The summed E-state index contributed by atoms with van der Waals surface area (Å²) >= 11 is 0. The topological polar surface area (TPSA) is 91.0 Å². The van der Waals surface area contributed by atoms with Gasteiger partial charge in [-0.15, -0.1) is 0 Å². The van der Waals surface area contributed by atoms with Gasteiger partial charge in [0.05, 0.1) is 18.2 Å². The zero-order valence-corrected chi connectivity index (χ0v) is 19.6. The lowest BCUT2D eigenvalue weighted by molar-refractivity contribution is -0.136. The second kappa shape index (κ2) is 10.9. The predicted octanol–water partition coefficient (Wildman–Crippen LogP) is 3.06. The molecule has 2 heterocycles. The number of hydrogen-bond acceptors (Lipinski definition) is 4. The average molecular weight is 457 g/mol. The Morgan fingerprint density at radius 1 is 1.00 bits per heavy atom. The summed E-state index contributed by atoms with van der Waals surface area (Å²) in [5, 5.41) is 6.18. The SMILES string of the molecule is CCOc1ccccc1N1CC(C(=O)N2CCC(NC(=O)NC3CCCCC3)CC2)CC1=O. The molecule has 1 atom stereocenters. The number of amides is 4. The van der Waals surface area contributed by atoms with E-state index in [2.05, 4.69) is 10.6 Å². The molecule has 1 aliphatic carbocycles. The highest BCUT2D eigenvalue weighted by Crippen LogP contribution is 2.33. The molecule has 4 amide bonds. The van der Waals surface area contributed by atoms with E-state index < -0.39 is 0 Å². The first-order valence-corrected chi connectivity index (χ1v) is 12.4. The maximum atomic E-state index is 13.1. The van der Waals surface area contributed by atoms with Gasteiger partial charge < -0.3 is 25.2 Å². The Bertz CT molecular complexity index is 847.